The van der Waals surface area contributed by atoms with E-state index in [-0.39, 0.29) is 11.6 Å². The molecule has 3 heteroatoms. The quantitative estimate of drug-likeness (QED) is 0.622. The second kappa shape index (κ2) is 4.18. The van der Waals surface area contributed by atoms with Crippen LogP contribution in [0.15, 0.2) is 54.7 Å². The van der Waals surface area contributed by atoms with Crippen molar-refractivity contribution in [3.63, 3.8) is 0 Å². The van der Waals surface area contributed by atoms with Crippen molar-refractivity contribution in [1.29, 1.82) is 0 Å². The van der Waals surface area contributed by atoms with Gasteiger partial charge in [0.25, 0.3) is 0 Å². The number of hydrogen-bond donors (Lipinski definition) is 0. The predicted octanol–water partition coefficient (Wildman–Crippen LogP) is 4.18. The molecule has 0 radical (unpaired) electrons. The minimum absolute atomic E-state index is 0.301. The average Bonchev–Trinajstić information content (AvgIpc) is 2.41. The van der Waals surface area contributed by atoms with Crippen LogP contribution in [-0.2, 0) is 0 Å². The largest absolute Gasteiger partial charge is 0.253 e. The van der Waals surface area contributed by atoms with Crippen LogP contribution in [0.2, 0.25) is 0 Å². The predicted molar refractivity (Wildman–Crippen MR) is 67.1 cm³/mol. The monoisotopic (exact) mass is 241 g/mol. The van der Waals surface area contributed by atoms with E-state index in [4.69, 9.17) is 0 Å². The van der Waals surface area contributed by atoms with Gasteiger partial charge in [0, 0.05) is 16.3 Å². The summed E-state index contributed by atoms with van der Waals surface area (Å²) < 4.78 is 26.5. The highest BCUT2D eigenvalue weighted by molar-refractivity contribution is 5.94. The first kappa shape index (κ1) is 10.8. The van der Waals surface area contributed by atoms with E-state index in [2.05, 4.69) is 4.98 Å². The van der Waals surface area contributed by atoms with Crippen LogP contribution in [0.1, 0.15) is 0 Å². The Kier molecular flexibility index (Phi) is 2.52. The fourth-order valence-corrected chi connectivity index (χ4v) is 2.00. The molecule has 0 spiro atoms. The van der Waals surface area contributed by atoms with Crippen molar-refractivity contribution in [1.82, 2.24) is 4.98 Å². The van der Waals surface area contributed by atoms with Crippen LogP contribution in [0.4, 0.5) is 8.78 Å². The van der Waals surface area contributed by atoms with E-state index in [0.29, 0.717) is 11.1 Å². The van der Waals surface area contributed by atoms with Gasteiger partial charge in [0.2, 0.25) is 0 Å². The van der Waals surface area contributed by atoms with Crippen molar-refractivity contribution in [2.45, 2.75) is 0 Å². The summed E-state index contributed by atoms with van der Waals surface area (Å²) in [6.07, 6.45) is 1.20. The van der Waals surface area contributed by atoms with Gasteiger partial charge >= 0.3 is 0 Å². The summed E-state index contributed by atoms with van der Waals surface area (Å²) >= 11 is 0. The van der Waals surface area contributed by atoms with Gasteiger partial charge in [0.1, 0.15) is 11.6 Å². The highest BCUT2D eigenvalue weighted by Gasteiger charge is 2.08. The molecule has 0 aliphatic rings. The smallest absolute Gasteiger partial charge is 0.149 e. The lowest BCUT2D eigenvalue weighted by atomic mass is 10.0. The van der Waals surface area contributed by atoms with Crippen LogP contribution in [-0.4, -0.2) is 4.98 Å². The number of hydrogen-bond acceptors (Lipinski definition) is 1. The molecule has 0 aliphatic carbocycles. The van der Waals surface area contributed by atoms with Crippen molar-refractivity contribution in [3.05, 3.63) is 66.4 Å². The first-order valence-corrected chi connectivity index (χ1v) is 5.55. The van der Waals surface area contributed by atoms with Gasteiger partial charge < -0.3 is 0 Å². The first-order chi connectivity index (χ1) is 8.75. The second-order valence-corrected chi connectivity index (χ2v) is 4.01. The van der Waals surface area contributed by atoms with E-state index in [1.165, 1.54) is 18.3 Å². The summed E-state index contributed by atoms with van der Waals surface area (Å²) in [6.45, 7) is 0. The number of aromatic nitrogens is 1. The normalized spacial score (nSPS) is 10.8. The van der Waals surface area contributed by atoms with Crippen LogP contribution in [0, 0.1) is 11.6 Å². The molecule has 0 atom stereocenters. The Hall–Kier alpha value is -2.29. The van der Waals surface area contributed by atoms with Crippen molar-refractivity contribution < 1.29 is 8.78 Å². The summed E-state index contributed by atoms with van der Waals surface area (Å²) in [4.78, 5) is 4.11. The number of rotatable bonds is 1. The van der Waals surface area contributed by atoms with E-state index >= 15 is 0 Å². The molecule has 0 saturated heterocycles. The van der Waals surface area contributed by atoms with Crippen molar-refractivity contribution in [2.24, 2.45) is 0 Å². The fourth-order valence-electron chi connectivity index (χ4n) is 2.00. The van der Waals surface area contributed by atoms with Gasteiger partial charge in [-0.1, -0.05) is 24.3 Å². The molecule has 18 heavy (non-hydrogen) atoms. The Balaban J connectivity index is 2.30. The van der Waals surface area contributed by atoms with Gasteiger partial charge in [-0.3, -0.25) is 4.98 Å². The lowest BCUT2D eigenvalue weighted by molar-refractivity contribution is 0.628. The van der Waals surface area contributed by atoms with E-state index in [9.17, 15) is 8.78 Å². The average molecular weight is 241 g/mol. The molecule has 3 rings (SSSR count). The van der Waals surface area contributed by atoms with E-state index in [1.54, 1.807) is 24.3 Å². The standard InChI is InChI=1S/C15H9F2N/c16-11-7-5-10(6-8-11)15-13-4-2-1-3-12(13)14(17)9-18-15/h1-9H. The molecule has 0 N–H and O–H groups in total. The molecule has 0 aliphatic heterocycles. The molecule has 1 aromatic heterocycles. The second-order valence-electron chi connectivity index (χ2n) is 4.01. The van der Waals surface area contributed by atoms with Crippen molar-refractivity contribution in [2.75, 3.05) is 0 Å². The molecule has 0 fully saturated rings. The lowest BCUT2D eigenvalue weighted by Crippen LogP contribution is -1.89. The zero-order valence-electron chi connectivity index (χ0n) is 9.40. The van der Waals surface area contributed by atoms with E-state index < -0.39 is 0 Å². The Labute approximate surface area is 103 Å². The minimum atomic E-state index is -0.350. The van der Waals surface area contributed by atoms with Gasteiger partial charge in [-0.05, 0) is 24.3 Å². The molecule has 0 amide bonds. The number of fused-ring (bicyclic) bond motifs is 1. The van der Waals surface area contributed by atoms with Crippen molar-refractivity contribution in [3.8, 4) is 11.3 Å². The number of benzene rings is 2. The highest BCUT2D eigenvalue weighted by Crippen LogP contribution is 2.27. The Morgan fingerprint density at radius 2 is 1.44 bits per heavy atom. The van der Waals surface area contributed by atoms with Crippen molar-refractivity contribution >= 4 is 10.8 Å². The Bertz CT molecular complexity index is 705. The molecule has 88 valence electrons. The summed E-state index contributed by atoms with van der Waals surface area (Å²) in [5.41, 5.74) is 1.43. The third-order valence-corrected chi connectivity index (χ3v) is 2.86. The maximum Gasteiger partial charge on any atom is 0.149 e. The van der Waals surface area contributed by atoms with Gasteiger partial charge in [-0.2, -0.15) is 0 Å². The van der Waals surface area contributed by atoms with Crippen LogP contribution in [0.5, 0.6) is 0 Å². The van der Waals surface area contributed by atoms with Gasteiger partial charge in [0.05, 0.1) is 11.9 Å². The van der Waals surface area contributed by atoms with Gasteiger partial charge in [0.15, 0.2) is 0 Å². The van der Waals surface area contributed by atoms with Gasteiger partial charge in [-0.25, -0.2) is 8.78 Å². The molecule has 1 nitrogen and oxygen atoms in total. The molecule has 2 aromatic carbocycles. The number of nitrogens with zero attached hydrogens (tertiary/aromatic N) is 1. The SMILES string of the molecule is Fc1ccc(-c2ncc(F)c3ccccc23)cc1. The maximum atomic E-state index is 13.6. The maximum absolute atomic E-state index is 13.6. The van der Waals surface area contributed by atoms with Crippen LogP contribution < -0.4 is 0 Å². The third-order valence-electron chi connectivity index (χ3n) is 2.86. The molecule has 0 bridgehead atoms. The summed E-state index contributed by atoms with van der Waals surface area (Å²) in [5.74, 6) is -0.651. The van der Waals surface area contributed by atoms with Crippen LogP contribution >= 0.6 is 0 Å². The minimum Gasteiger partial charge on any atom is -0.253 e. The topological polar surface area (TPSA) is 12.9 Å². The fraction of sp³-hybridized carbons (Fsp3) is 0. The molecular weight excluding hydrogens is 232 g/mol. The molecule has 0 unspecified atom stereocenters. The molecule has 0 saturated carbocycles. The highest BCUT2D eigenvalue weighted by atomic mass is 19.1. The summed E-state index contributed by atoms with van der Waals surface area (Å²) in [6, 6.07) is 13.1. The molecule has 3 aromatic rings. The Morgan fingerprint density at radius 1 is 0.778 bits per heavy atom. The number of halogens is 2. The molecule has 1 heterocycles. The van der Waals surface area contributed by atoms with E-state index in [0.717, 1.165) is 10.9 Å². The molecular formula is C15H9F2N. The zero-order valence-corrected chi connectivity index (χ0v) is 9.40. The number of pyridine rings is 1. The summed E-state index contributed by atoms with van der Waals surface area (Å²) in [7, 11) is 0. The van der Waals surface area contributed by atoms with Crippen LogP contribution in [0.25, 0.3) is 22.0 Å². The zero-order chi connectivity index (χ0) is 12.5. The third kappa shape index (κ3) is 1.74. The van der Waals surface area contributed by atoms with E-state index in [1.807, 2.05) is 12.1 Å². The lowest BCUT2D eigenvalue weighted by Gasteiger charge is -2.06. The Morgan fingerprint density at radius 3 is 2.17 bits per heavy atom. The van der Waals surface area contributed by atoms with Crippen LogP contribution in [0.3, 0.4) is 0 Å². The van der Waals surface area contributed by atoms with Gasteiger partial charge in [-0.15, -0.1) is 0 Å². The first-order valence-electron chi connectivity index (χ1n) is 5.55. The summed E-state index contributed by atoms with van der Waals surface area (Å²) in [5, 5.41) is 1.25.